The van der Waals surface area contributed by atoms with E-state index in [4.69, 9.17) is 16.7 Å². The van der Waals surface area contributed by atoms with Crippen molar-refractivity contribution in [3.05, 3.63) is 47.1 Å². The van der Waals surface area contributed by atoms with Gasteiger partial charge in [-0.05, 0) is 30.3 Å². The minimum Gasteiger partial charge on any atom is -0.325 e. The minimum absolute atomic E-state index is 0.0288. The molecule has 0 fully saturated rings. The highest BCUT2D eigenvalue weighted by Crippen LogP contribution is 2.33. The van der Waals surface area contributed by atoms with Crippen molar-refractivity contribution < 1.29 is 26.4 Å². The van der Waals surface area contributed by atoms with Gasteiger partial charge in [-0.25, -0.2) is 13.6 Å². The Kier molecular flexibility index (Phi) is 5.76. The van der Waals surface area contributed by atoms with Crippen LogP contribution in [-0.2, 0) is 21.0 Å². The third-order valence-corrected chi connectivity index (χ3v) is 5.71. The second-order valence-electron chi connectivity index (χ2n) is 5.66. The molecule has 3 rings (SSSR count). The summed E-state index contributed by atoms with van der Waals surface area (Å²) in [5, 5.41) is 14.8. The molecule has 3 aromatic rings. The maximum atomic E-state index is 13.0. The number of rotatable bonds is 5. The lowest BCUT2D eigenvalue weighted by Gasteiger charge is -2.09. The Hall–Kier alpha value is -2.35. The fraction of sp³-hybridized carbons (Fsp3) is 0.133. The van der Waals surface area contributed by atoms with Crippen molar-refractivity contribution >= 4 is 50.6 Å². The summed E-state index contributed by atoms with van der Waals surface area (Å²) in [4.78, 5) is 12.0. The maximum Gasteiger partial charge on any atom is 0.417 e. The molecule has 0 radical (unpaired) electrons. The van der Waals surface area contributed by atoms with Gasteiger partial charge >= 0.3 is 6.18 Å². The lowest BCUT2D eigenvalue weighted by Crippen LogP contribution is -2.15. The van der Waals surface area contributed by atoms with Crippen molar-refractivity contribution in [2.75, 3.05) is 11.1 Å². The Morgan fingerprint density at radius 1 is 1.24 bits per heavy atom. The SMILES string of the molecule is NS(=O)(=O)c1ccc(NC(=O)CSc2nnc3c(Cl)cc(C(F)(F)F)cn23)cc1. The van der Waals surface area contributed by atoms with Gasteiger partial charge in [0.05, 0.1) is 21.2 Å². The van der Waals surface area contributed by atoms with Crippen LogP contribution in [0.4, 0.5) is 18.9 Å². The van der Waals surface area contributed by atoms with E-state index in [9.17, 15) is 26.4 Å². The van der Waals surface area contributed by atoms with Crippen LogP contribution in [0.1, 0.15) is 5.56 Å². The predicted molar refractivity (Wildman–Crippen MR) is 100 cm³/mol. The van der Waals surface area contributed by atoms with E-state index in [1.807, 2.05) is 0 Å². The fourth-order valence-electron chi connectivity index (χ4n) is 2.24. The number of nitrogens with zero attached hydrogens (tertiary/aromatic N) is 3. The normalized spacial score (nSPS) is 12.3. The molecule has 14 heteroatoms. The number of carbonyl (C=O) groups excluding carboxylic acids is 1. The number of amides is 1. The highest BCUT2D eigenvalue weighted by Gasteiger charge is 2.32. The molecule has 0 aliphatic heterocycles. The van der Waals surface area contributed by atoms with Gasteiger partial charge in [-0.1, -0.05) is 23.4 Å². The molecule has 1 aromatic carbocycles. The molecule has 154 valence electrons. The molecule has 0 aliphatic carbocycles. The van der Waals surface area contributed by atoms with Gasteiger partial charge in [0.15, 0.2) is 10.8 Å². The zero-order valence-electron chi connectivity index (χ0n) is 14.1. The zero-order chi connectivity index (χ0) is 21.4. The van der Waals surface area contributed by atoms with Gasteiger partial charge in [-0.15, -0.1) is 10.2 Å². The summed E-state index contributed by atoms with van der Waals surface area (Å²) in [7, 11) is -3.85. The maximum absolute atomic E-state index is 13.0. The molecule has 0 unspecified atom stereocenters. The number of primary sulfonamides is 1. The van der Waals surface area contributed by atoms with Crippen LogP contribution in [0.25, 0.3) is 5.65 Å². The Bertz CT molecular complexity index is 1180. The fourth-order valence-corrected chi connectivity index (χ4v) is 3.71. The molecular weight excluding hydrogens is 455 g/mol. The first kappa shape index (κ1) is 21.4. The Labute approximate surface area is 171 Å². The highest BCUT2D eigenvalue weighted by molar-refractivity contribution is 7.99. The van der Waals surface area contributed by atoms with Gasteiger partial charge in [-0.2, -0.15) is 13.2 Å². The number of aromatic nitrogens is 3. The Morgan fingerprint density at radius 2 is 1.90 bits per heavy atom. The van der Waals surface area contributed by atoms with Crippen LogP contribution in [-0.4, -0.2) is 34.7 Å². The molecule has 1 amide bonds. The van der Waals surface area contributed by atoms with Crippen molar-refractivity contribution in [1.29, 1.82) is 0 Å². The van der Waals surface area contributed by atoms with E-state index < -0.39 is 27.7 Å². The number of sulfonamides is 1. The van der Waals surface area contributed by atoms with Crippen molar-refractivity contribution in [2.45, 2.75) is 16.2 Å². The Balaban J connectivity index is 1.72. The van der Waals surface area contributed by atoms with Crippen molar-refractivity contribution in [3.8, 4) is 0 Å². The van der Waals surface area contributed by atoms with Crippen LogP contribution in [0.15, 0.2) is 46.6 Å². The monoisotopic (exact) mass is 465 g/mol. The van der Waals surface area contributed by atoms with E-state index in [2.05, 4.69) is 15.5 Å². The van der Waals surface area contributed by atoms with E-state index in [1.54, 1.807) is 0 Å². The van der Waals surface area contributed by atoms with Crippen molar-refractivity contribution in [1.82, 2.24) is 14.6 Å². The first-order valence-electron chi connectivity index (χ1n) is 7.62. The van der Waals surface area contributed by atoms with Gasteiger partial charge in [0.1, 0.15) is 0 Å². The summed E-state index contributed by atoms with van der Waals surface area (Å²) in [5.74, 6) is -0.681. The molecule has 2 heterocycles. The molecule has 2 aromatic heterocycles. The molecule has 29 heavy (non-hydrogen) atoms. The van der Waals surface area contributed by atoms with E-state index in [0.29, 0.717) is 5.69 Å². The topological polar surface area (TPSA) is 119 Å². The number of fused-ring (bicyclic) bond motifs is 1. The zero-order valence-corrected chi connectivity index (χ0v) is 16.5. The average Bonchev–Trinajstić information content (AvgIpc) is 3.02. The molecule has 0 saturated heterocycles. The summed E-state index contributed by atoms with van der Waals surface area (Å²) >= 11 is 6.69. The van der Waals surface area contributed by atoms with Gasteiger partial charge in [-0.3, -0.25) is 9.20 Å². The Morgan fingerprint density at radius 3 is 2.48 bits per heavy atom. The number of anilines is 1. The first-order valence-corrected chi connectivity index (χ1v) is 10.5. The first-order chi connectivity index (χ1) is 13.4. The van der Waals surface area contributed by atoms with E-state index in [0.717, 1.165) is 28.4 Å². The molecule has 3 N–H and O–H groups in total. The minimum atomic E-state index is -4.61. The molecule has 0 spiro atoms. The second-order valence-corrected chi connectivity index (χ2v) is 8.57. The van der Waals surface area contributed by atoms with E-state index in [-0.39, 0.29) is 26.5 Å². The molecule has 0 bridgehead atoms. The lowest BCUT2D eigenvalue weighted by atomic mass is 10.3. The number of benzene rings is 1. The third kappa shape index (κ3) is 4.98. The van der Waals surface area contributed by atoms with Crippen molar-refractivity contribution in [2.24, 2.45) is 5.14 Å². The van der Waals surface area contributed by atoms with Crippen LogP contribution < -0.4 is 10.5 Å². The summed E-state index contributed by atoms with van der Waals surface area (Å²) in [6.07, 6.45) is -3.81. The summed E-state index contributed by atoms with van der Waals surface area (Å²) in [6, 6.07) is 5.90. The molecule has 0 atom stereocenters. The van der Waals surface area contributed by atoms with E-state index >= 15 is 0 Å². The molecular formula is C15H11ClF3N5O3S2. The average molecular weight is 466 g/mol. The smallest absolute Gasteiger partial charge is 0.325 e. The molecule has 0 saturated carbocycles. The van der Waals surface area contributed by atoms with Gasteiger partial charge in [0.2, 0.25) is 15.9 Å². The summed E-state index contributed by atoms with van der Waals surface area (Å²) in [5.41, 5.74) is -0.631. The number of hydrogen-bond acceptors (Lipinski definition) is 6. The van der Waals surface area contributed by atoms with Crippen LogP contribution >= 0.6 is 23.4 Å². The summed E-state index contributed by atoms with van der Waals surface area (Å²) in [6.45, 7) is 0. The predicted octanol–water partition coefficient (Wildman–Crippen LogP) is 2.78. The van der Waals surface area contributed by atoms with Crippen LogP contribution in [0, 0.1) is 0 Å². The van der Waals surface area contributed by atoms with E-state index in [1.165, 1.54) is 24.3 Å². The third-order valence-electron chi connectivity index (χ3n) is 3.55. The highest BCUT2D eigenvalue weighted by atomic mass is 35.5. The number of alkyl halides is 3. The number of hydrogen-bond donors (Lipinski definition) is 2. The van der Waals surface area contributed by atoms with Gasteiger partial charge in [0, 0.05) is 11.9 Å². The lowest BCUT2D eigenvalue weighted by molar-refractivity contribution is -0.137. The quantitative estimate of drug-likeness (QED) is 0.559. The van der Waals surface area contributed by atoms with Gasteiger partial charge < -0.3 is 5.32 Å². The number of halogens is 4. The molecule has 8 nitrogen and oxygen atoms in total. The number of nitrogens with two attached hydrogens (primary N) is 1. The van der Waals surface area contributed by atoms with Gasteiger partial charge in [0.25, 0.3) is 0 Å². The largest absolute Gasteiger partial charge is 0.417 e. The number of carbonyl (C=O) groups is 1. The second kappa shape index (κ2) is 7.82. The number of thioether (sulfide) groups is 1. The summed E-state index contributed by atoms with van der Waals surface area (Å²) < 4.78 is 62.4. The van der Waals surface area contributed by atoms with Crippen LogP contribution in [0.3, 0.4) is 0 Å². The molecule has 0 aliphatic rings. The standard InChI is InChI=1S/C15H11ClF3N5O3S2/c16-11-5-8(15(17,18)19)6-24-13(11)22-23-14(24)28-7-12(25)21-9-1-3-10(4-2-9)29(20,26)27/h1-6H,7H2,(H,21,25)(H2,20,26,27). The van der Waals surface area contributed by atoms with Crippen LogP contribution in [0.5, 0.6) is 0 Å². The van der Waals surface area contributed by atoms with Crippen LogP contribution in [0.2, 0.25) is 5.02 Å². The number of nitrogens with one attached hydrogen (secondary N) is 1. The van der Waals surface area contributed by atoms with Crippen molar-refractivity contribution in [3.63, 3.8) is 0 Å². The number of pyridine rings is 1.